The van der Waals surface area contributed by atoms with Crippen molar-refractivity contribution in [3.63, 3.8) is 0 Å². The summed E-state index contributed by atoms with van der Waals surface area (Å²) >= 11 is 0. The van der Waals surface area contributed by atoms with E-state index in [9.17, 15) is 10.2 Å². The number of rotatable bonds is 2. The highest BCUT2D eigenvalue weighted by Crippen LogP contribution is 2.68. The van der Waals surface area contributed by atoms with Crippen LogP contribution in [0.15, 0.2) is 12.1 Å². The monoisotopic (exact) mass is 379 g/mol. The molecule has 1 aromatic heterocycles. The Hall–Kier alpha value is -2.05. The van der Waals surface area contributed by atoms with E-state index in [0.29, 0.717) is 12.2 Å². The molecular weight excluding hydrogens is 354 g/mol. The van der Waals surface area contributed by atoms with Crippen molar-refractivity contribution < 1.29 is 14.9 Å². The van der Waals surface area contributed by atoms with Crippen LogP contribution >= 0.6 is 0 Å². The Bertz CT molecular complexity index is 1030. The summed E-state index contributed by atoms with van der Waals surface area (Å²) in [4.78, 5) is 2.55. The molecule has 4 atom stereocenters. The number of benzene rings is 1. The number of aryl methyl sites for hydroxylation is 1. The van der Waals surface area contributed by atoms with Crippen molar-refractivity contribution in [3.05, 3.63) is 40.2 Å². The van der Waals surface area contributed by atoms with Crippen LogP contribution in [0.2, 0.25) is 0 Å². The number of phenolic OH excluding ortho intramolecular Hbond substituents is 1. The van der Waals surface area contributed by atoms with Crippen molar-refractivity contribution in [1.82, 2.24) is 15.1 Å². The molecular formula is C22H25N3O3. The molecule has 2 aromatic rings. The zero-order valence-electron chi connectivity index (χ0n) is 16.0. The van der Waals surface area contributed by atoms with Gasteiger partial charge in [0.2, 0.25) is 0 Å². The lowest BCUT2D eigenvalue weighted by Crippen LogP contribution is -2.74. The maximum Gasteiger partial charge on any atom is 0.166 e. The van der Waals surface area contributed by atoms with E-state index in [-0.39, 0.29) is 17.9 Å². The van der Waals surface area contributed by atoms with Crippen LogP contribution in [-0.4, -0.2) is 50.0 Å². The topological polar surface area (TPSA) is 81.6 Å². The Kier molecular flexibility index (Phi) is 2.68. The Morgan fingerprint density at radius 2 is 2.21 bits per heavy atom. The average Bonchev–Trinajstić information content (AvgIpc) is 3.31. The number of aromatic nitrogens is 2. The molecule has 1 spiro atoms. The molecule has 28 heavy (non-hydrogen) atoms. The highest BCUT2D eigenvalue weighted by molar-refractivity contribution is 5.64. The molecule has 0 unspecified atom stereocenters. The number of ether oxygens (including phenoxy) is 1. The van der Waals surface area contributed by atoms with Crippen LogP contribution in [0.25, 0.3) is 0 Å². The predicted molar refractivity (Wildman–Crippen MR) is 102 cm³/mol. The Labute approximate surface area is 163 Å². The highest BCUT2D eigenvalue weighted by Gasteiger charge is 2.73. The first kappa shape index (κ1) is 15.8. The van der Waals surface area contributed by atoms with E-state index >= 15 is 0 Å². The second-order valence-corrected chi connectivity index (χ2v) is 9.63. The van der Waals surface area contributed by atoms with Gasteiger partial charge < -0.3 is 14.9 Å². The van der Waals surface area contributed by atoms with Crippen molar-refractivity contribution in [2.75, 3.05) is 13.1 Å². The summed E-state index contributed by atoms with van der Waals surface area (Å²) in [5.41, 5.74) is 3.89. The second-order valence-electron chi connectivity index (χ2n) is 9.63. The Morgan fingerprint density at radius 1 is 1.36 bits per heavy atom. The molecule has 3 heterocycles. The van der Waals surface area contributed by atoms with Gasteiger partial charge in [-0.15, -0.1) is 0 Å². The molecule has 0 amide bonds. The summed E-state index contributed by atoms with van der Waals surface area (Å²) in [6.07, 6.45) is 4.59. The van der Waals surface area contributed by atoms with Crippen LogP contribution in [0.3, 0.4) is 0 Å². The van der Waals surface area contributed by atoms with Crippen molar-refractivity contribution in [2.45, 2.75) is 62.2 Å². The molecule has 2 fully saturated rings. The number of aliphatic hydroxyl groups is 1. The number of nitrogens with zero attached hydrogens (tertiary/aromatic N) is 2. The Morgan fingerprint density at radius 3 is 3.04 bits per heavy atom. The molecule has 3 N–H and O–H groups in total. The molecule has 0 radical (unpaired) electrons. The minimum Gasteiger partial charge on any atom is -0.504 e. The number of nitrogens with one attached hydrogen (secondary N) is 1. The van der Waals surface area contributed by atoms with E-state index in [0.717, 1.165) is 54.4 Å². The van der Waals surface area contributed by atoms with Gasteiger partial charge in [-0.25, -0.2) is 0 Å². The van der Waals surface area contributed by atoms with Gasteiger partial charge in [0.25, 0.3) is 0 Å². The van der Waals surface area contributed by atoms with Gasteiger partial charge >= 0.3 is 0 Å². The summed E-state index contributed by atoms with van der Waals surface area (Å²) in [6.45, 7) is 4.06. The summed E-state index contributed by atoms with van der Waals surface area (Å²) in [5, 5.41) is 30.7. The highest BCUT2D eigenvalue weighted by atomic mass is 16.5. The standard InChI is InChI=1S/C22H25N3O3/c1-11-14-9-22(27)16-8-13-4-5-15(26)19-17(13)21(22,20(28-19)18(14)24-23-11)6-7-25(16)10-12-2-3-12/h4-5,12,16,20,26-27H,2-3,6-10H2,1H3,(H,23,24)/t16-,20+,21+,22-/m1/s1. The van der Waals surface area contributed by atoms with Crippen molar-refractivity contribution in [1.29, 1.82) is 0 Å². The van der Waals surface area contributed by atoms with Crippen LogP contribution < -0.4 is 4.74 Å². The van der Waals surface area contributed by atoms with Gasteiger partial charge in [-0.3, -0.25) is 10.00 Å². The summed E-state index contributed by atoms with van der Waals surface area (Å²) in [5.74, 6) is 1.55. The van der Waals surface area contributed by atoms with Crippen LogP contribution in [-0.2, 0) is 18.3 Å². The first-order valence-electron chi connectivity index (χ1n) is 10.5. The predicted octanol–water partition coefficient (Wildman–Crippen LogP) is 2.12. The summed E-state index contributed by atoms with van der Waals surface area (Å²) in [7, 11) is 0. The maximum absolute atomic E-state index is 12.5. The number of fused-ring (bicyclic) bond motifs is 2. The lowest BCUT2D eigenvalue weighted by molar-refractivity contribution is -0.173. The van der Waals surface area contributed by atoms with Gasteiger partial charge in [0, 0.05) is 30.1 Å². The fourth-order valence-electron chi connectivity index (χ4n) is 6.85. The molecule has 3 aliphatic carbocycles. The van der Waals surface area contributed by atoms with Crippen LogP contribution in [0.5, 0.6) is 11.5 Å². The zero-order chi connectivity index (χ0) is 18.8. The first-order chi connectivity index (χ1) is 13.5. The number of aromatic hydroxyl groups is 1. The van der Waals surface area contributed by atoms with Gasteiger partial charge in [-0.05, 0) is 56.7 Å². The molecule has 6 nitrogen and oxygen atoms in total. The van der Waals surface area contributed by atoms with E-state index in [1.807, 2.05) is 13.0 Å². The van der Waals surface area contributed by atoms with Crippen molar-refractivity contribution in [2.24, 2.45) is 5.92 Å². The number of piperidine rings is 1. The first-order valence-corrected chi connectivity index (χ1v) is 10.5. The summed E-state index contributed by atoms with van der Waals surface area (Å²) in [6, 6.07) is 3.88. The number of H-pyrrole nitrogens is 1. The molecule has 5 aliphatic rings. The molecule has 1 saturated heterocycles. The SMILES string of the molecule is Cc1n[nH]c2c1C[C@@]1(O)[C@H]3Cc4ccc(O)c5c4[C@@]1(CCN3CC1CC1)[C@H]2O5. The van der Waals surface area contributed by atoms with Crippen LogP contribution in [0.4, 0.5) is 0 Å². The fourth-order valence-corrected chi connectivity index (χ4v) is 6.85. The number of likely N-dealkylation sites (tertiary alicyclic amines) is 1. The minimum atomic E-state index is -0.904. The lowest BCUT2D eigenvalue weighted by atomic mass is 9.49. The quantitative estimate of drug-likeness (QED) is 0.745. The average molecular weight is 379 g/mol. The van der Waals surface area contributed by atoms with Crippen molar-refractivity contribution in [3.8, 4) is 11.5 Å². The summed E-state index contributed by atoms with van der Waals surface area (Å²) < 4.78 is 6.44. The van der Waals surface area contributed by atoms with Gasteiger partial charge in [0.1, 0.15) is 0 Å². The smallest absolute Gasteiger partial charge is 0.166 e. The van der Waals surface area contributed by atoms with E-state index in [4.69, 9.17) is 4.74 Å². The lowest BCUT2D eigenvalue weighted by Gasteiger charge is -2.62. The van der Waals surface area contributed by atoms with Crippen LogP contribution in [0, 0.1) is 12.8 Å². The Balaban J connectivity index is 1.51. The largest absolute Gasteiger partial charge is 0.504 e. The van der Waals surface area contributed by atoms with Gasteiger partial charge in [-0.1, -0.05) is 6.07 Å². The zero-order valence-corrected chi connectivity index (χ0v) is 16.0. The number of aromatic amines is 1. The number of hydrogen-bond acceptors (Lipinski definition) is 5. The van der Waals surface area contributed by atoms with Gasteiger partial charge in [0.05, 0.1) is 22.4 Å². The van der Waals surface area contributed by atoms with Gasteiger partial charge in [-0.2, -0.15) is 5.10 Å². The molecule has 146 valence electrons. The molecule has 1 aromatic carbocycles. The molecule has 7 rings (SSSR count). The molecule has 1 saturated carbocycles. The van der Waals surface area contributed by atoms with E-state index in [1.165, 1.54) is 18.4 Å². The third-order valence-corrected chi connectivity index (χ3v) is 8.33. The third-order valence-electron chi connectivity index (χ3n) is 8.33. The third kappa shape index (κ3) is 1.59. The minimum absolute atomic E-state index is 0.0818. The molecule has 2 bridgehead atoms. The van der Waals surface area contributed by atoms with Crippen LogP contribution in [0.1, 0.15) is 53.4 Å². The molecule has 2 aliphatic heterocycles. The normalized spacial score (nSPS) is 37.4. The number of hydrogen-bond donors (Lipinski definition) is 3. The van der Waals surface area contributed by atoms with Gasteiger partial charge in [0.15, 0.2) is 17.6 Å². The molecule has 6 heteroatoms. The number of phenols is 1. The van der Waals surface area contributed by atoms with E-state index in [1.54, 1.807) is 6.07 Å². The fraction of sp³-hybridized carbons (Fsp3) is 0.591. The van der Waals surface area contributed by atoms with E-state index in [2.05, 4.69) is 15.1 Å². The van der Waals surface area contributed by atoms with Crippen molar-refractivity contribution >= 4 is 0 Å². The maximum atomic E-state index is 12.5. The second kappa shape index (κ2) is 4.74. The van der Waals surface area contributed by atoms with E-state index < -0.39 is 11.0 Å².